The Labute approximate surface area is 136 Å². The standard InChI is InChI=1S/C14H24ClNO4S/c1-10(19-14(18)9-15)6-5-7-12(20-11(2)17)8-13(21)16(3)4/h10,12H,5-9H2,1-4H3. The van der Waals surface area contributed by atoms with Crippen LogP contribution in [0, 0.1) is 0 Å². The van der Waals surface area contributed by atoms with Crippen LogP contribution in [0.2, 0.25) is 0 Å². The molecule has 0 rings (SSSR count). The third kappa shape index (κ3) is 10.5. The average Bonchev–Trinajstić information content (AvgIpc) is 2.37. The second kappa shape index (κ2) is 10.8. The fourth-order valence-corrected chi connectivity index (χ4v) is 2.01. The molecule has 0 saturated heterocycles. The van der Waals surface area contributed by atoms with Crippen molar-refractivity contribution in [1.82, 2.24) is 4.90 Å². The first-order chi connectivity index (χ1) is 9.76. The van der Waals surface area contributed by atoms with Gasteiger partial charge in [0.2, 0.25) is 0 Å². The van der Waals surface area contributed by atoms with E-state index in [9.17, 15) is 9.59 Å². The van der Waals surface area contributed by atoms with E-state index in [-0.39, 0.29) is 24.1 Å². The van der Waals surface area contributed by atoms with Crippen LogP contribution in [0.25, 0.3) is 0 Å². The number of hydrogen-bond acceptors (Lipinski definition) is 5. The lowest BCUT2D eigenvalue weighted by Gasteiger charge is -2.21. The third-order valence-electron chi connectivity index (χ3n) is 2.81. The molecular weight excluding hydrogens is 314 g/mol. The summed E-state index contributed by atoms with van der Waals surface area (Å²) in [5.74, 6) is -0.880. The van der Waals surface area contributed by atoms with Crippen LogP contribution < -0.4 is 0 Å². The normalized spacial score (nSPS) is 13.2. The maximum Gasteiger partial charge on any atom is 0.321 e. The molecule has 0 aromatic carbocycles. The molecule has 21 heavy (non-hydrogen) atoms. The van der Waals surface area contributed by atoms with Crippen LogP contribution in [0.15, 0.2) is 0 Å². The Morgan fingerprint density at radius 1 is 1.24 bits per heavy atom. The Balaban J connectivity index is 4.20. The van der Waals surface area contributed by atoms with Gasteiger partial charge in [0.05, 0.1) is 11.1 Å². The first-order valence-corrected chi connectivity index (χ1v) is 7.83. The summed E-state index contributed by atoms with van der Waals surface area (Å²) in [6.07, 6.45) is 2.22. The molecule has 2 unspecified atom stereocenters. The maximum absolute atomic E-state index is 11.1. The molecule has 0 N–H and O–H groups in total. The molecule has 0 aliphatic carbocycles. The largest absolute Gasteiger partial charge is 0.462 e. The van der Waals surface area contributed by atoms with Crippen molar-refractivity contribution >= 4 is 40.7 Å². The van der Waals surface area contributed by atoms with E-state index in [1.165, 1.54) is 6.92 Å². The van der Waals surface area contributed by atoms with Crippen LogP contribution >= 0.6 is 23.8 Å². The molecular formula is C14H24ClNO4S. The molecule has 2 atom stereocenters. The SMILES string of the molecule is CC(=O)OC(CCCC(C)OC(=O)CCl)CC(=S)N(C)C. The monoisotopic (exact) mass is 337 g/mol. The number of alkyl halides is 1. The average molecular weight is 338 g/mol. The smallest absolute Gasteiger partial charge is 0.321 e. The summed E-state index contributed by atoms with van der Waals surface area (Å²) in [5, 5.41) is 0. The lowest BCUT2D eigenvalue weighted by molar-refractivity contribution is -0.146. The first kappa shape index (κ1) is 20.1. The third-order valence-corrected chi connectivity index (χ3v) is 3.56. The van der Waals surface area contributed by atoms with Gasteiger partial charge in [0.15, 0.2) is 0 Å². The van der Waals surface area contributed by atoms with Gasteiger partial charge in [-0.1, -0.05) is 12.2 Å². The number of ether oxygens (including phenoxy) is 2. The summed E-state index contributed by atoms with van der Waals surface area (Å²) in [7, 11) is 3.72. The Morgan fingerprint density at radius 3 is 2.33 bits per heavy atom. The summed E-state index contributed by atoms with van der Waals surface area (Å²) in [5.41, 5.74) is 0. The van der Waals surface area contributed by atoms with Gasteiger partial charge in [0.1, 0.15) is 12.0 Å². The topological polar surface area (TPSA) is 55.8 Å². The number of halogens is 1. The lowest BCUT2D eigenvalue weighted by atomic mass is 10.1. The molecule has 0 fully saturated rings. The molecule has 0 bridgehead atoms. The van der Waals surface area contributed by atoms with Crippen molar-refractivity contribution in [3.05, 3.63) is 0 Å². The van der Waals surface area contributed by atoms with Crippen molar-refractivity contribution < 1.29 is 19.1 Å². The molecule has 0 saturated carbocycles. The Kier molecular flexibility index (Phi) is 10.3. The van der Waals surface area contributed by atoms with Crippen molar-refractivity contribution in [2.75, 3.05) is 20.0 Å². The fraction of sp³-hybridized carbons (Fsp3) is 0.786. The molecule has 0 aromatic rings. The van der Waals surface area contributed by atoms with Gasteiger partial charge >= 0.3 is 11.9 Å². The minimum atomic E-state index is -0.422. The Morgan fingerprint density at radius 2 is 1.86 bits per heavy atom. The van der Waals surface area contributed by atoms with E-state index in [2.05, 4.69) is 0 Å². The molecule has 0 amide bonds. The zero-order valence-electron chi connectivity index (χ0n) is 13.1. The highest BCUT2D eigenvalue weighted by molar-refractivity contribution is 7.80. The van der Waals surface area contributed by atoms with Gasteiger partial charge in [-0.05, 0) is 26.2 Å². The van der Waals surface area contributed by atoms with E-state index >= 15 is 0 Å². The van der Waals surface area contributed by atoms with Crippen LogP contribution in [0.4, 0.5) is 0 Å². The quantitative estimate of drug-likeness (QED) is 0.366. The van der Waals surface area contributed by atoms with Crippen molar-refractivity contribution in [3.63, 3.8) is 0 Å². The Hall–Kier alpha value is -0.880. The molecule has 0 spiro atoms. The second-order valence-electron chi connectivity index (χ2n) is 5.09. The Bertz CT molecular complexity index is 363. The summed E-state index contributed by atoms with van der Waals surface area (Å²) in [6.45, 7) is 3.20. The maximum atomic E-state index is 11.1. The van der Waals surface area contributed by atoms with E-state index < -0.39 is 5.97 Å². The molecule has 0 aliphatic heterocycles. The predicted octanol–water partition coefficient (Wildman–Crippen LogP) is 2.54. The minimum absolute atomic E-state index is 0.141. The fourth-order valence-electron chi connectivity index (χ4n) is 1.76. The van der Waals surface area contributed by atoms with Crippen molar-refractivity contribution in [1.29, 1.82) is 0 Å². The number of carbonyl (C=O) groups excluding carboxylic acids is 2. The summed E-state index contributed by atoms with van der Waals surface area (Å²) < 4.78 is 10.3. The summed E-state index contributed by atoms with van der Waals surface area (Å²) >= 11 is 10.6. The highest BCUT2D eigenvalue weighted by Gasteiger charge is 2.17. The van der Waals surface area contributed by atoms with Gasteiger partial charge in [-0.3, -0.25) is 9.59 Å². The highest BCUT2D eigenvalue weighted by atomic mass is 35.5. The van der Waals surface area contributed by atoms with Gasteiger partial charge in [-0.2, -0.15) is 0 Å². The van der Waals surface area contributed by atoms with Crippen molar-refractivity contribution in [3.8, 4) is 0 Å². The van der Waals surface area contributed by atoms with Gasteiger partial charge in [-0.15, -0.1) is 11.6 Å². The van der Waals surface area contributed by atoms with Gasteiger partial charge in [0, 0.05) is 27.4 Å². The second-order valence-corrected chi connectivity index (χ2v) is 5.83. The van der Waals surface area contributed by atoms with E-state index in [1.807, 2.05) is 25.9 Å². The van der Waals surface area contributed by atoms with E-state index in [4.69, 9.17) is 33.3 Å². The van der Waals surface area contributed by atoms with Gasteiger partial charge < -0.3 is 14.4 Å². The number of thiocarbonyl (C=S) groups is 1. The predicted molar refractivity (Wildman–Crippen MR) is 86.6 cm³/mol. The van der Waals surface area contributed by atoms with E-state index in [0.29, 0.717) is 19.3 Å². The first-order valence-electron chi connectivity index (χ1n) is 6.89. The lowest BCUT2D eigenvalue weighted by Crippen LogP contribution is -2.27. The van der Waals surface area contributed by atoms with Gasteiger partial charge in [0.25, 0.3) is 0 Å². The van der Waals surface area contributed by atoms with E-state index in [1.54, 1.807) is 0 Å². The zero-order valence-corrected chi connectivity index (χ0v) is 14.6. The molecule has 122 valence electrons. The van der Waals surface area contributed by atoms with Crippen LogP contribution in [-0.4, -0.2) is 54.0 Å². The molecule has 0 aliphatic rings. The summed E-state index contributed by atoms with van der Waals surface area (Å²) in [6, 6.07) is 0. The summed E-state index contributed by atoms with van der Waals surface area (Å²) in [4.78, 5) is 24.7. The molecule has 0 aromatic heterocycles. The van der Waals surface area contributed by atoms with Crippen LogP contribution in [0.3, 0.4) is 0 Å². The zero-order chi connectivity index (χ0) is 16.4. The number of carbonyl (C=O) groups is 2. The number of hydrogen-bond donors (Lipinski definition) is 0. The molecule has 7 heteroatoms. The number of nitrogens with zero attached hydrogens (tertiary/aromatic N) is 1. The van der Waals surface area contributed by atoms with Crippen LogP contribution in [0.5, 0.6) is 0 Å². The van der Waals surface area contributed by atoms with Gasteiger partial charge in [-0.25, -0.2) is 0 Å². The van der Waals surface area contributed by atoms with Crippen molar-refractivity contribution in [2.45, 2.75) is 51.7 Å². The van der Waals surface area contributed by atoms with E-state index in [0.717, 1.165) is 11.4 Å². The number of esters is 2. The van der Waals surface area contributed by atoms with Crippen LogP contribution in [-0.2, 0) is 19.1 Å². The highest BCUT2D eigenvalue weighted by Crippen LogP contribution is 2.14. The minimum Gasteiger partial charge on any atom is -0.462 e. The molecule has 0 radical (unpaired) electrons. The van der Waals surface area contributed by atoms with Crippen molar-refractivity contribution in [2.24, 2.45) is 0 Å². The molecule has 5 nitrogen and oxygen atoms in total. The number of rotatable bonds is 9. The van der Waals surface area contributed by atoms with Crippen LogP contribution in [0.1, 0.15) is 39.5 Å². The molecule has 0 heterocycles.